The average molecular weight is 359 g/mol. The minimum absolute atomic E-state index is 0.282. The van der Waals surface area contributed by atoms with Gasteiger partial charge in [-0.2, -0.15) is 0 Å². The molecule has 5 nitrogen and oxygen atoms in total. The van der Waals surface area contributed by atoms with E-state index in [-0.39, 0.29) is 11.2 Å². The van der Waals surface area contributed by atoms with Gasteiger partial charge in [0.05, 0.1) is 16.6 Å². The normalized spacial score (nSPS) is 11.3. The molecule has 0 saturated carbocycles. The number of aromatic nitrogens is 3. The van der Waals surface area contributed by atoms with Crippen LogP contribution in [0.1, 0.15) is 11.1 Å². The number of fused-ring (bicyclic) bond motifs is 1. The molecule has 27 heavy (non-hydrogen) atoms. The first-order chi connectivity index (χ1) is 12.9. The van der Waals surface area contributed by atoms with Crippen molar-refractivity contribution in [2.75, 3.05) is 0 Å². The lowest BCUT2D eigenvalue weighted by molar-refractivity contribution is 0.714. The van der Waals surface area contributed by atoms with E-state index in [2.05, 4.69) is 32.0 Å². The third-order valence-corrected chi connectivity index (χ3v) is 4.97. The van der Waals surface area contributed by atoms with Gasteiger partial charge in [0.15, 0.2) is 0 Å². The molecule has 5 heteroatoms. The molecule has 4 rings (SSSR count). The van der Waals surface area contributed by atoms with E-state index >= 15 is 0 Å². The summed E-state index contributed by atoms with van der Waals surface area (Å²) < 4.78 is 4.71. The van der Waals surface area contributed by atoms with Gasteiger partial charge in [-0.05, 0) is 42.7 Å². The highest BCUT2D eigenvalue weighted by atomic mass is 16.2. The molecule has 2 aromatic carbocycles. The summed E-state index contributed by atoms with van der Waals surface area (Å²) in [6, 6.07) is 16.1. The fourth-order valence-corrected chi connectivity index (χ4v) is 3.71. The standard InChI is InChI=1S/C22H21N3O2/c1-14-10-15(2)12-17(11-14)25-13-18-19(20(25)16-8-6-5-7-9-16)21(26)24(4)22(27)23(18)3/h5-13H,1-4H3. The number of aryl methyl sites for hydroxylation is 3. The largest absolute Gasteiger partial charge is 0.330 e. The van der Waals surface area contributed by atoms with Gasteiger partial charge in [-0.1, -0.05) is 36.4 Å². The lowest BCUT2D eigenvalue weighted by Gasteiger charge is -2.12. The molecule has 0 fully saturated rings. The van der Waals surface area contributed by atoms with Gasteiger partial charge in [-0.25, -0.2) is 4.79 Å². The van der Waals surface area contributed by atoms with Gasteiger partial charge in [0.2, 0.25) is 0 Å². The van der Waals surface area contributed by atoms with Crippen molar-refractivity contribution in [2.45, 2.75) is 13.8 Å². The summed E-state index contributed by atoms with van der Waals surface area (Å²) in [5.41, 5.74) is 5.00. The number of hydrogen-bond acceptors (Lipinski definition) is 2. The molecular formula is C22H21N3O2. The van der Waals surface area contributed by atoms with Crippen LogP contribution in [0.2, 0.25) is 0 Å². The second kappa shape index (κ2) is 6.13. The van der Waals surface area contributed by atoms with Crippen LogP contribution in [0.4, 0.5) is 0 Å². The number of benzene rings is 2. The second-order valence-corrected chi connectivity index (χ2v) is 7.03. The summed E-state index contributed by atoms with van der Waals surface area (Å²) >= 11 is 0. The summed E-state index contributed by atoms with van der Waals surface area (Å²) in [5, 5.41) is 0.546. The Kier molecular flexibility index (Phi) is 3.88. The zero-order valence-corrected chi connectivity index (χ0v) is 15.9. The van der Waals surface area contributed by atoms with Crippen LogP contribution in [-0.4, -0.2) is 13.7 Å². The molecule has 0 saturated heterocycles. The van der Waals surface area contributed by atoms with Gasteiger partial charge < -0.3 is 4.57 Å². The molecule has 2 aromatic heterocycles. The van der Waals surface area contributed by atoms with Crippen molar-refractivity contribution in [1.82, 2.24) is 13.7 Å². The van der Waals surface area contributed by atoms with E-state index in [1.165, 1.54) is 16.2 Å². The van der Waals surface area contributed by atoms with Crippen LogP contribution < -0.4 is 11.2 Å². The van der Waals surface area contributed by atoms with Gasteiger partial charge >= 0.3 is 5.69 Å². The fraction of sp³-hybridized carbons (Fsp3) is 0.182. The smallest absolute Gasteiger partial charge is 0.314 e. The Morgan fingerprint density at radius 1 is 0.815 bits per heavy atom. The lowest BCUT2D eigenvalue weighted by atomic mass is 10.1. The third kappa shape index (κ3) is 2.63. The van der Waals surface area contributed by atoms with Crippen LogP contribution in [0.5, 0.6) is 0 Å². The van der Waals surface area contributed by atoms with Crippen molar-refractivity contribution in [3.8, 4) is 16.9 Å². The first kappa shape index (κ1) is 17.1. The molecule has 136 valence electrons. The minimum Gasteiger partial charge on any atom is -0.314 e. The van der Waals surface area contributed by atoms with Gasteiger partial charge in [0, 0.05) is 26.0 Å². The van der Waals surface area contributed by atoms with Gasteiger partial charge in [0.25, 0.3) is 5.56 Å². The van der Waals surface area contributed by atoms with Gasteiger partial charge in [-0.3, -0.25) is 13.9 Å². The highest BCUT2D eigenvalue weighted by Crippen LogP contribution is 2.31. The maximum atomic E-state index is 13.0. The summed E-state index contributed by atoms with van der Waals surface area (Å²) in [4.78, 5) is 25.4. The van der Waals surface area contributed by atoms with Crippen LogP contribution in [0, 0.1) is 13.8 Å². The number of nitrogens with zero attached hydrogens (tertiary/aromatic N) is 3. The zero-order chi connectivity index (χ0) is 19.3. The molecule has 0 N–H and O–H groups in total. The zero-order valence-electron chi connectivity index (χ0n) is 15.9. The van der Waals surface area contributed by atoms with E-state index in [1.54, 1.807) is 7.05 Å². The van der Waals surface area contributed by atoms with Crippen LogP contribution >= 0.6 is 0 Å². The summed E-state index contributed by atoms with van der Waals surface area (Å²) in [6.45, 7) is 4.10. The summed E-state index contributed by atoms with van der Waals surface area (Å²) in [5.74, 6) is 0. The molecule has 2 heterocycles. The monoisotopic (exact) mass is 359 g/mol. The molecule has 0 bridgehead atoms. The van der Waals surface area contributed by atoms with Crippen molar-refractivity contribution < 1.29 is 0 Å². The van der Waals surface area contributed by atoms with Crippen LogP contribution in [0.25, 0.3) is 27.8 Å². The van der Waals surface area contributed by atoms with Crippen LogP contribution in [0.15, 0.2) is 64.3 Å². The van der Waals surface area contributed by atoms with Crippen molar-refractivity contribution >= 4 is 10.9 Å². The fourth-order valence-electron chi connectivity index (χ4n) is 3.71. The molecular weight excluding hydrogens is 338 g/mol. The van der Waals surface area contributed by atoms with Crippen molar-refractivity contribution in [1.29, 1.82) is 0 Å². The molecule has 0 spiro atoms. The molecule has 0 atom stereocenters. The van der Waals surface area contributed by atoms with E-state index in [0.29, 0.717) is 10.9 Å². The average Bonchev–Trinajstić information content (AvgIpc) is 3.05. The summed E-state index contributed by atoms with van der Waals surface area (Å²) in [7, 11) is 3.22. The predicted octanol–water partition coefficient (Wildman–Crippen LogP) is 3.31. The minimum atomic E-state index is -0.329. The number of rotatable bonds is 2. The topological polar surface area (TPSA) is 48.9 Å². The van der Waals surface area contributed by atoms with E-state index in [0.717, 1.165) is 28.1 Å². The van der Waals surface area contributed by atoms with Crippen molar-refractivity contribution in [3.05, 3.63) is 86.7 Å². The maximum absolute atomic E-state index is 13.0. The van der Waals surface area contributed by atoms with Gasteiger partial charge in [0.1, 0.15) is 0 Å². The number of hydrogen-bond donors (Lipinski definition) is 0. The van der Waals surface area contributed by atoms with E-state index in [4.69, 9.17) is 0 Å². The van der Waals surface area contributed by atoms with Crippen molar-refractivity contribution in [2.24, 2.45) is 14.1 Å². The Morgan fingerprint density at radius 3 is 2.07 bits per heavy atom. The highest BCUT2D eigenvalue weighted by molar-refractivity contribution is 5.94. The predicted molar refractivity (Wildman–Crippen MR) is 109 cm³/mol. The Bertz CT molecular complexity index is 1270. The SMILES string of the molecule is Cc1cc(C)cc(-n2cc3c(c2-c2ccccc2)c(=O)n(C)c(=O)n3C)c1. The Hall–Kier alpha value is -3.34. The molecule has 0 aliphatic carbocycles. The molecule has 0 radical (unpaired) electrons. The summed E-state index contributed by atoms with van der Waals surface area (Å²) in [6.07, 6.45) is 1.88. The second-order valence-electron chi connectivity index (χ2n) is 7.03. The Morgan fingerprint density at radius 2 is 1.44 bits per heavy atom. The molecule has 0 aliphatic rings. The van der Waals surface area contributed by atoms with Crippen LogP contribution in [-0.2, 0) is 14.1 Å². The lowest BCUT2D eigenvalue weighted by Crippen LogP contribution is -2.36. The first-order valence-electron chi connectivity index (χ1n) is 8.83. The Balaban J connectivity index is 2.23. The quantitative estimate of drug-likeness (QED) is 0.551. The van der Waals surface area contributed by atoms with E-state index in [1.807, 2.05) is 41.1 Å². The van der Waals surface area contributed by atoms with E-state index in [9.17, 15) is 9.59 Å². The first-order valence-corrected chi connectivity index (χ1v) is 8.83. The highest BCUT2D eigenvalue weighted by Gasteiger charge is 2.20. The maximum Gasteiger partial charge on any atom is 0.330 e. The molecule has 4 aromatic rings. The van der Waals surface area contributed by atoms with Crippen molar-refractivity contribution in [3.63, 3.8) is 0 Å². The molecule has 0 amide bonds. The molecule has 0 aliphatic heterocycles. The Labute approximate surface area is 156 Å². The van der Waals surface area contributed by atoms with E-state index < -0.39 is 0 Å². The van der Waals surface area contributed by atoms with Gasteiger partial charge in [-0.15, -0.1) is 0 Å². The van der Waals surface area contributed by atoms with Crippen LogP contribution in [0.3, 0.4) is 0 Å². The molecule has 0 unspecified atom stereocenters. The third-order valence-electron chi connectivity index (χ3n) is 4.97.